The van der Waals surface area contributed by atoms with Crippen molar-refractivity contribution in [2.24, 2.45) is 7.05 Å². The summed E-state index contributed by atoms with van der Waals surface area (Å²) in [6, 6.07) is 6.66. The quantitative estimate of drug-likeness (QED) is 0.636. The third-order valence-corrected chi connectivity index (χ3v) is 4.85. The Kier molecular flexibility index (Phi) is 5.07. The van der Waals surface area contributed by atoms with Gasteiger partial charge in [0, 0.05) is 57.5 Å². The number of aryl methyl sites for hydroxylation is 2. The number of carbonyl (C=O) groups excluding carboxylic acids is 1. The van der Waals surface area contributed by atoms with E-state index in [9.17, 15) is 9.59 Å². The topological polar surface area (TPSA) is 110 Å². The summed E-state index contributed by atoms with van der Waals surface area (Å²) in [5.74, 6) is 1.78. The Morgan fingerprint density at radius 1 is 1.14 bits per heavy atom. The van der Waals surface area contributed by atoms with Crippen molar-refractivity contribution in [1.29, 1.82) is 0 Å². The van der Waals surface area contributed by atoms with Gasteiger partial charge in [-0.2, -0.15) is 10.1 Å². The third-order valence-electron chi connectivity index (χ3n) is 4.85. The monoisotopic (exact) mass is 395 g/mol. The van der Waals surface area contributed by atoms with E-state index in [4.69, 9.17) is 4.52 Å². The second-order valence-corrected chi connectivity index (χ2v) is 6.73. The maximum absolute atomic E-state index is 12.6. The lowest BCUT2D eigenvalue weighted by atomic mass is 10.2. The molecular formula is C19H21N7O3. The van der Waals surface area contributed by atoms with Crippen molar-refractivity contribution in [3.63, 3.8) is 0 Å². The highest BCUT2D eigenvalue weighted by Gasteiger charge is 2.24. The van der Waals surface area contributed by atoms with Crippen molar-refractivity contribution in [2.75, 3.05) is 31.1 Å². The molecule has 0 aromatic carbocycles. The number of anilines is 1. The van der Waals surface area contributed by atoms with Gasteiger partial charge in [-0.1, -0.05) is 12.1 Å². The van der Waals surface area contributed by atoms with Crippen LogP contribution >= 0.6 is 0 Å². The average Bonchev–Trinajstić information content (AvgIpc) is 3.25. The highest BCUT2D eigenvalue weighted by molar-refractivity contribution is 5.92. The van der Waals surface area contributed by atoms with Gasteiger partial charge < -0.3 is 14.3 Å². The van der Waals surface area contributed by atoms with E-state index in [0.717, 1.165) is 11.4 Å². The second-order valence-electron chi connectivity index (χ2n) is 6.73. The number of nitrogens with zero attached hydrogens (tertiary/aromatic N) is 7. The minimum Gasteiger partial charge on any atom is -0.353 e. The molecule has 0 bridgehead atoms. The van der Waals surface area contributed by atoms with E-state index < -0.39 is 0 Å². The number of aromatic nitrogens is 5. The zero-order chi connectivity index (χ0) is 20.4. The standard InChI is InChI=1S/C19H21N7O3/c1-3-16-21-18(23-29-16)13-4-6-15(20-12-13)25-8-10-26(11-9-25)19(28)14-5-7-17(27)24(2)22-14/h4-7,12H,3,8-11H2,1-2H3. The molecule has 10 nitrogen and oxygen atoms in total. The molecule has 0 radical (unpaired) electrons. The number of rotatable bonds is 4. The molecule has 10 heteroatoms. The lowest BCUT2D eigenvalue weighted by Gasteiger charge is -2.35. The Labute approximate surface area is 166 Å². The zero-order valence-corrected chi connectivity index (χ0v) is 16.3. The summed E-state index contributed by atoms with van der Waals surface area (Å²) < 4.78 is 6.31. The van der Waals surface area contributed by atoms with Gasteiger partial charge in [0.2, 0.25) is 11.7 Å². The minimum atomic E-state index is -0.243. The van der Waals surface area contributed by atoms with E-state index in [2.05, 4.69) is 25.1 Å². The Balaban J connectivity index is 1.39. The Morgan fingerprint density at radius 2 is 1.93 bits per heavy atom. The Morgan fingerprint density at radius 3 is 2.55 bits per heavy atom. The number of pyridine rings is 1. The molecule has 150 valence electrons. The van der Waals surface area contributed by atoms with Crippen molar-refractivity contribution in [3.8, 4) is 11.4 Å². The van der Waals surface area contributed by atoms with E-state index >= 15 is 0 Å². The number of hydrogen-bond acceptors (Lipinski definition) is 8. The molecule has 0 atom stereocenters. The van der Waals surface area contributed by atoms with Gasteiger partial charge in [0.15, 0.2) is 0 Å². The molecule has 1 fully saturated rings. The first kappa shape index (κ1) is 18.8. The van der Waals surface area contributed by atoms with Crippen molar-refractivity contribution in [2.45, 2.75) is 13.3 Å². The fraction of sp³-hybridized carbons (Fsp3) is 0.368. The maximum Gasteiger partial charge on any atom is 0.274 e. The first-order valence-electron chi connectivity index (χ1n) is 9.42. The summed E-state index contributed by atoms with van der Waals surface area (Å²) in [5.41, 5.74) is 0.828. The molecule has 1 aliphatic rings. The molecule has 29 heavy (non-hydrogen) atoms. The SMILES string of the molecule is CCc1nc(-c2ccc(N3CCN(C(=O)c4ccc(=O)n(C)n4)CC3)nc2)no1. The van der Waals surface area contributed by atoms with Gasteiger partial charge in [-0.25, -0.2) is 9.67 Å². The molecule has 0 N–H and O–H groups in total. The highest BCUT2D eigenvalue weighted by atomic mass is 16.5. The van der Waals surface area contributed by atoms with Crippen LogP contribution in [0.3, 0.4) is 0 Å². The van der Waals surface area contributed by atoms with E-state index in [-0.39, 0.29) is 17.2 Å². The fourth-order valence-electron chi connectivity index (χ4n) is 3.14. The molecule has 4 rings (SSSR count). The molecule has 3 aromatic heterocycles. The molecule has 1 aliphatic heterocycles. The molecule has 0 aliphatic carbocycles. The van der Waals surface area contributed by atoms with Crippen LogP contribution in [0.2, 0.25) is 0 Å². The van der Waals surface area contributed by atoms with Crippen LogP contribution in [0.5, 0.6) is 0 Å². The van der Waals surface area contributed by atoms with Crippen molar-refractivity contribution in [1.82, 2.24) is 29.8 Å². The van der Waals surface area contributed by atoms with E-state index in [1.165, 1.54) is 23.9 Å². The lowest BCUT2D eigenvalue weighted by molar-refractivity contribution is 0.0738. The molecular weight excluding hydrogens is 374 g/mol. The summed E-state index contributed by atoms with van der Waals surface area (Å²) in [5, 5.41) is 8.00. The van der Waals surface area contributed by atoms with Crippen LogP contribution in [0.25, 0.3) is 11.4 Å². The molecule has 4 heterocycles. The number of piperazine rings is 1. The van der Waals surface area contributed by atoms with Crippen LogP contribution in [0.4, 0.5) is 5.82 Å². The van der Waals surface area contributed by atoms with Crippen LogP contribution in [0.1, 0.15) is 23.3 Å². The average molecular weight is 395 g/mol. The maximum atomic E-state index is 12.6. The van der Waals surface area contributed by atoms with Crippen LogP contribution in [0.15, 0.2) is 39.8 Å². The van der Waals surface area contributed by atoms with Gasteiger partial charge in [-0.15, -0.1) is 0 Å². The van der Waals surface area contributed by atoms with Crippen molar-refractivity contribution < 1.29 is 9.32 Å². The molecule has 0 unspecified atom stereocenters. The number of hydrogen-bond donors (Lipinski definition) is 0. The summed E-state index contributed by atoms with van der Waals surface area (Å²) in [6.45, 7) is 4.38. The smallest absolute Gasteiger partial charge is 0.274 e. The van der Waals surface area contributed by atoms with Gasteiger partial charge in [-0.3, -0.25) is 9.59 Å². The predicted molar refractivity (Wildman–Crippen MR) is 105 cm³/mol. The van der Waals surface area contributed by atoms with Crippen LogP contribution in [0, 0.1) is 0 Å². The Bertz CT molecular complexity index is 1070. The minimum absolute atomic E-state index is 0.174. The Hall–Kier alpha value is -3.56. The lowest BCUT2D eigenvalue weighted by Crippen LogP contribution is -2.49. The summed E-state index contributed by atoms with van der Waals surface area (Å²) in [4.78, 5) is 36.8. The zero-order valence-electron chi connectivity index (χ0n) is 16.3. The summed E-state index contributed by atoms with van der Waals surface area (Å²) >= 11 is 0. The van der Waals surface area contributed by atoms with Gasteiger partial charge in [0.05, 0.1) is 0 Å². The molecule has 1 amide bonds. The first-order valence-corrected chi connectivity index (χ1v) is 9.42. The van der Waals surface area contributed by atoms with Gasteiger partial charge >= 0.3 is 0 Å². The summed E-state index contributed by atoms with van der Waals surface area (Å²) in [7, 11) is 1.53. The first-order chi connectivity index (χ1) is 14.0. The second kappa shape index (κ2) is 7.82. The fourth-order valence-corrected chi connectivity index (χ4v) is 3.14. The van der Waals surface area contributed by atoms with E-state index in [0.29, 0.717) is 44.3 Å². The number of carbonyl (C=O) groups is 1. The van der Waals surface area contributed by atoms with Crippen molar-refractivity contribution >= 4 is 11.7 Å². The predicted octanol–water partition coefficient (Wildman–Crippen LogP) is 0.750. The van der Waals surface area contributed by atoms with Crippen LogP contribution in [-0.4, -0.2) is 61.9 Å². The summed E-state index contributed by atoms with van der Waals surface area (Å²) in [6.07, 6.45) is 2.42. The molecule has 3 aromatic rings. The van der Waals surface area contributed by atoms with Gasteiger partial charge in [-0.05, 0) is 18.2 Å². The largest absolute Gasteiger partial charge is 0.353 e. The highest BCUT2D eigenvalue weighted by Crippen LogP contribution is 2.20. The van der Waals surface area contributed by atoms with E-state index in [1.54, 1.807) is 11.1 Å². The van der Waals surface area contributed by atoms with Crippen LogP contribution < -0.4 is 10.5 Å². The van der Waals surface area contributed by atoms with E-state index in [1.807, 2.05) is 19.1 Å². The van der Waals surface area contributed by atoms with Crippen LogP contribution in [-0.2, 0) is 13.5 Å². The van der Waals surface area contributed by atoms with Gasteiger partial charge in [0.1, 0.15) is 11.5 Å². The molecule has 0 spiro atoms. The van der Waals surface area contributed by atoms with Crippen molar-refractivity contribution in [3.05, 3.63) is 52.4 Å². The third kappa shape index (κ3) is 3.86. The normalized spacial score (nSPS) is 14.3. The van der Waals surface area contributed by atoms with Gasteiger partial charge in [0.25, 0.3) is 11.5 Å². The molecule has 0 saturated carbocycles. The molecule has 1 saturated heterocycles. The number of amides is 1.